The molecule has 1 aliphatic heterocycles. The average molecular weight is 473 g/mol. The molecule has 4 bridgehead atoms. The fourth-order valence-electron chi connectivity index (χ4n) is 7.75. The molecule has 4 aliphatic carbocycles. The number of hydrogen-bond acceptors (Lipinski definition) is 4. The molecule has 6 nitrogen and oxygen atoms in total. The maximum atomic E-state index is 12.7. The maximum absolute atomic E-state index is 12.7. The van der Waals surface area contributed by atoms with Crippen molar-refractivity contribution in [3.05, 3.63) is 59.3 Å². The monoisotopic (exact) mass is 472 g/mol. The lowest BCUT2D eigenvalue weighted by Crippen LogP contribution is -2.48. The molecule has 1 aromatic heterocycles. The topological polar surface area (TPSA) is 74.3 Å². The molecule has 7 rings (SSSR count). The molecule has 0 unspecified atom stereocenters. The number of anilines is 1. The summed E-state index contributed by atoms with van der Waals surface area (Å²) in [5.74, 6) is 3.36. The SMILES string of the molecule is O=C(CNC(=O)CC12CC3CC(CC(C3)C1)C2)NCc1ccc(N2CCc3ccccc3C2)nc1. The van der Waals surface area contributed by atoms with E-state index in [0.717, 1.165) is 48.6 Å². The van der Waals surface area contributed by atoms with Crippen LogP contribution in [0.1, 0.15) is 61.6 Å². The van der Waals surface area contributed by atoms with Gasteiger partial charge in [-0.3, -0.25) is 9.59 Å². The Balaban J connectivity index is 0.947. The number of nitrogens with one attached hydrogen (secondary N) is 2. The van der Waals surface area contributed by atoms with Gasteiger partial charge in [-0.1, -0.05) is 30.3 Å². The Morgan fingerprint density at radius 3 is 2.31 bits per heavy atom. The molecule has 6 heteroatoms. The van der Waals surface area contributed by atoms with Gasteiger partial charge in [0.15, 0.2) is 0 Å². The Morgan fingerprint density at radius 2 is 1.63 bits per heavy atom. The average Bonchev–Trinajstić information content (AvgIpc) is 2.85. The summed E-state index contributed by atoms with van der Waals surface area (Å²) >= 11 is 0. The normalized spacial score (nSPS) is 28.5. The van der Waals surface area contributed by atoms with Crippen molar-refractivity contribution in [2.45, 2.75) is 64.5 Å². The summed E-state index contributed by atoms with van der Waals surface area (Å²) in [6.45, 7) is 2.30. The van der Waals surface area contributed by atoms with Gasteiger partial charge in [-0.25, -0.2) is 4.98 Å². The molecule has 5 aliphatic rings. The molecule has 4 saturated carbocycles. The first-order valence-electron chi connectivity index (χ1n) is 13.3. The highest BCUT2D eigenvalue weighted by molar-refractivity contribution is 5.85. The predicted octanol–water partition coefficient (Wildman–Crippen LogP) is 3.98. The minimum atomic E-state index is -0.152. The molecule has 0 radical (unpaired) electrons. The second-order valence-electron chi connectivity index (χ2n) is 11.6. The number of nitrogens with zero attached hydrogens (tertiary/aromatic N) is 2. The Kier molecular flexibility index (Phi) is 5.99. The summed E-state index contributed by atoms with van der Waals surface area (Å²) in [5.41, 5.74) is 3.95. The second-order valence-corrected chi connectivity index (χ2v) is 11.6. The van der Waals surface area contributed by atoms with Crippen molar-refractivity contribution in [3.63, 3.8) is 0 Å². The summed E-state index contributed by atoms with van der Waals surface area (Å²) in [4.78, 5) is 32.0. The Labute approximate surface area is 207 Å². The van der Waals surface area contributed by atoms with Crippen LogP contribution in [0.5, 0.6) is 0 Å². The number of hydrogen-bond donors (Lipinski definition) is 2. The number of rotatable bonds is 7. The molecule has 0 saturated heterocycles. The Bertz CT molecular complexity index is 1060. The molecule has 35 heavy (non-hydrogen) atoms. The van der Waals surface area contributed by atoms with Crippen molar-refractivity contribution in [2.24, 2.45) is 23.2 Å². The number of fused-ring (bicyclic) bond motifs is 1. The molecule has 2 heterocycles. The standard InChI is InChI=1S/C29H36N4O2/c34-27(15-29-12-21-9-22(13-29)11-23(10-21)14-29)32-18-28(35)31-17-20-5-6-26(30-16-20)33-8-7-24-3-1-2-4-25(24)19-33/h1-6,16,21-23H,7-15,17-19H2,(H,31,35)(H,32,34). The van der Waals surface area contributed by atoms with E-state index in [1.54, 1.807) is 0 Å². The van der Waals surface area contributed by atoms with E-state index in [-0.39, 0.29) is 23.8 Å². The highest BCUT2D eigenvalue weighted by Crippen LogP contribution is 2.61. The molecule has 184 valence electrons. The van der Waals surface area contributed by atoms with Crippen LogP contribution in [0.3, 0.4) is 0 Å². The number of pyridine rings is 1. The van der Waals surface area contributed by atoms with Gasteiger partial charge in [0.1, 0.15) is 5.82 Å². The van der Waals surface area contributed by atoms with E-state index in [1.807, 2.05) is 18.3 Å². The largest absolute Gasteiger partial charge is 0.352 e. The second kappa shape index (κ2) is 9.29. The van der Waals surface area contributed by atoms with Crippen molar-refractivity contribution < 1.29 is 9.59 Å². The molecule has 2 amide bonds. The van der Waals surface area contributed by atoms with E-state index in [2.05, 4.69) is 44.8 Å². The van der Waals surface area contributed by atoms with Gasteiger partial charge in [-0.15, -0.1) is 0 Å². The fourth-order valence-corrected chi connectivity index (χ4v) is 7.75. The zero-order valence-electron chi connectivity index (χ0n) is 20.5. The molecular weight excluding hydrogens is 436 g/mol. The van der Waals surface area contributed by atoms with Crippen LogP contribution in [-0.4, -0.2) is 29.9 Å². The number of carbonyl (C=O) groups is 2. The summed E-state index contributed by atoms with van der Waals surface area (Å²) in [6.07, 6.45) is 11.2. The quantitative estimate of drug-likeness (QED) is 0.639. The Morgan fingerprint density at radius 1 is 0.914 bits per heavy atom. The van der Waals surface area contributed by atoms with Crippen LogP contribution in [0.4, 0.5) is 5.82 Å². The van der Waals surface area contributed by atoms with Crippen molar-refractivity contribution >= 4 is 17.6 Å². The molecular formula is C29H36N4O2. The fraction of sp³-hybridized carbons (Fsp3) is 0.552. The molecule has 2 aromatic rings. The lowest BCUT2D eigenvalue weighted by Gasteiger charge is -2.56. The van der Waals surface area contributed by atoms with E-state index < -0.39 is 0 Å². The van der Waals surface area contributed by atoms with E-state index in [9.17, 15) is 9.59 Å². The van der Waals surface area contributed by atoms with Crippen LogP contribution in [0.25, 0.3) is 0 Å². The number of amides is 2. The van der Waals surface area contributed by atoms with Gasteiger partial charge in [0, 0.05) is 32.3 Å². The van der Waals surface area contributed by atoms with E-state index in [1.165, 1.54) is 49.7 Å². The lowest BCUT2D eigenvalue weighted by molar-refractivity contribution is -0.131. The third-order valence-corrected chi connectivity index (χ3v) is 8.90. The lowest BCUT2D eigenvalue weighted by atomic mass is 9.49. The van der Waals surface area contributed by atoms with Gasteiger partial charge in [0.25, 0.3) is 0 Å². The van der Waals surface area contributed by atoms with Crippen LogP contribution in [-0.2, 0) is 29.1 Å². The highest BCUT2D eigenvalue weighted by Gasteiger charge is 2.51. The smallest absolute Gasteiger partial charge is 0.239 e. The molecule has 1 aromatic carbocycles. The van der Waals surface area contributed by atoms with Gasteiger partial charge in [0.2, 0.25) is 11.8 Å². The first kappa shape index (κ1) is 22.6. The molecule has 4 fully saturated rings. The number of benzene rings is 1. The van der Waals surface area contributed by atoms with Gasteiger partial charge < -0.3 is 15.5 Å². The maximum Gasteiger partial charge on any atom is 0.239 e. The first-order chi connectivity index (χ1) is 17.0. The third-order valence-electron chi connectivity index (χ3n) is 8.90. The summed E-state index contributed by atoms with van der Waals surface area (Å²) in [6, 6.07) is 12.6. The van der Waals surface area contributed by atoms with Gasteiger partial charge >= 0.3 is 0 Å². The van der Waals surface area contributed by atoms with Crippen LogP contribution >= 0.6 is 0 Å². The zero-order chi connectivity index (χ0) is 23.8. The van der Waals surface area contributed by atoms with Crippen LogP contribution in [0.15, 0.2) is 42.6 Å². The van der Waals surface area contributed by atoms with E-state index in [4.69, 9.17) is 0 Å². The Hall–Kier alpha value is -2.89. The van der Waals surface area contributed by atoms with Crippen molar-refractivity contribution in [3.8, 4) is 0 Å². The van der Waals surface area contributed by atoms with Crippen molar-refractivity contribution in [1.29, 1.82) is 0 Å². The zero-order valence-corrected chi connectivity index (χ0v) is 20.5. The van der Waals surface area contributed by atoms with Gasteiger partial charge in [-0.05, 0) is 90.9 Å². The minimum Gasteiger partial charge on any atom is -0.352 e. The third kappa shape index (κ3) is 4.93. The van der Waals surface area contributed by atoms with E-state index in [0.29, 0.717) is 13.0 Å². The van der Waals surface area contributed by atoms with Crippen LogP contribution in [0.2, 0.25) is 0 Å². The molecule has 2 N–H and O–H groups in total. The predicted molar refractivity (Wildman–Crippen MR) is 136 cm³/mol. The molecule has 0 atom stereocenters. The van der Waals surface area contributed by atoms with Crippen molar-refractivity contribution in [1.82, 2.24) is 15.6 Å². The van der Waals surface area contributed by atoms with E-state index >= 15 is 0 Å². The summed E-state index contributed by atoms with van der Waals surface area (Å²) in [7, 11) is 0. The number of aromatic nitrogens is 1. The highest BCUT2D eigenvalue weighted by atomic mass is 16.2. The van der Waals surface area contributed by atoms with Gasteiger partial charge in [0.05, 0.1) is 6.54 Å². The number of carbonyl (C=O) groups excluding carboxylic acids is 2. The molecule has 0 spiro atoms. The van der Waals surface area contributed by atoms with Gasteiger partial charge in [-0.2, -0.15) is 0 Å². The summed E-state index contributed by atoms with van der Waals surface area (Å²) in [5, 5.41) is 5.80. The van der Waals surface area contributed by atoms with Crippen molar-refractivity contribution in [2.75, 3.05) is 18.0 Å². The minimum absolute atomic E-state index is 0.0382. The summed E-state index contributed by atoms with van der Waals surface area (Å²) < 4.78 is 0. The van der Waals surface area contributed by atoms with Crippen LogP contribution < -0.4 is 15.5 Å². The van der Waals surface area contributed by atoms with Crippen LogP contribution in [0, 0.1) is 23.2 Å². The first-order valence-corrected chi connectivity index (χ1v) is 13.3.